The van der Waals surface area contributed by atoms with Gasteiger partial charge in [-0.25, -0.2) is 19.2 Å². The number of nitrogens with zero attached hydrogens (tertiary/aromatic N) is 6. The number of nitrogens with one attached hydrogen (secondary N) is 6. The minimum absolute atomic E-state index is 0.278. The lowest BCUT2D eigenvalue weighted by Gasteiger charge is -2.38. The number of hydrogen-bond donors (Lipinski definition) is 6. The molecule has 25 heteroatoms. The SMILES string of the molecule is CCCCOC(=O)c1ccc(Nc2nc(NCCCC[Si](C)(C)O[Si](C)(C)O[Si](C)(C)CCCNc3nc(Nc4ccc(C(=O)OCCCC)cc4)nc(Nc4ccc(C(=O)OCCCC)cc4)n3)nc(Nc3ccc(C(=O)OCCCC)cc3)n2)cc1. The number of aromatic nitrogens is 6. The molecule has 0 radical (unpaired) electrons. The standard InChI is InChI=1S/C63H90N12O10Si3/c1-11-15-40-80-54(76)46-22-30-50(31-23-46)66-60-70-58(71-61(74-60)67-51-32-24-47(25-33-51)55(77)81-41-16-12-2)64-38-19-20-44-86(5,6)84-88(9,10)85-87(7,8)45-21-39-65-59-72-62(68-52-34-26-48(27-35-52)56(78)82-42-17-13-3)75-63(73-59)69-53-36-28-49(29-37-53)57(79)83-43-18-14-4/h22-37H,11-21,38-45H2,1-10H3,(H3,64,66,67,70,71,74)(H3,65,68,69,72,73,75). The van der Waals surface area contributed by atoms with Crippen molar-refractivity contribution in [2.75, 3.05) is 71.4 Å². The van der Waals surface area contributed by atoms with Crippen LogP contribution < -0.4 is 31.9 Å². The second-order valence-corrected chi connectivity index (χ2v) is 35.4. The van der Waals surface area contributed by atoms with E-state index in [1.54, 1.807) is 97.1 Å². The summed E-state index contributed by atoms with van der Waals surface area (Å²) in [6.45, 7) is 24.1. The fourth-order valence-electron chi connectivity index (χ4n) is 9.02. The Hall–Kier alpha value is -7.85. The molecule has 0 amide bonds. The molecule has 0 unspecified atom stereocenters. The van der Waals surface area contributed by atoms with Crippen molar-refractivity contribution in [2.24, 2.45) is 0 Å². The molecule has 22 nitrogen and oxygen atoms in total. The van der Waals surface area contributed by atoms with Crippen molar-refractivity contribution in [2.45, 2.75) is 150 Å². The number of rotatable bonds is 39. The van der Waals surface area contributed by atoms with Crippen molar-refractivity contribution >= 4 is 108 Å². The number of ether oxygens (including phenoxy) is 4. The third kappa shape index (κ3) is 24.7. The number of carbonyl (C=O) groups is 4. The normalized spacial score (nSPS) is 11.5. The van der Waals surface area contributed by atoms with Gasteiger partial charge in [-0.3, -0.25) is 0 Å². The molecule has 2 heterocycles. The highest BCUT2D eigenvalue weighted by atomic mass is 28.5. The van der Waals surface area contributed by atoms with Crippen LogP contribution in [0.25, 0.3) is 0 Å². The number of esters is 4. The number of hydrogen-bond acceptors (Lipinski definition) is 22. The Morgan fingerprint density at radius 3 is 0.864 bits per heavy atom. The van der Waals surface area contributed by atoms with Crippen LogP contribution in [0.4, 0.5) is 58.4 Å². The van der Waals surface area contributed by atoms with E-state index < -0.39 is 25.2 Å². The molecule has 0 aliphatic heterocycles. The van der Waals surface area contributed by atoms with Crippen molar-refractivity contribution in [3.63, 3.8) is 0 Å². The third-order valence-electron chi connectivity index (χ3n) is 13.5. The van der Waals surface area contributed by atoms with Crippen LogP contribution in [0.5, 0.6) is 0 Å². The van der Waals surface area contributed by atoms with E-state index in [4.69, 9.17) is 37.1 Å². The van der Waals surface area contributed by atoms with E-state index in [9.17, 15) is 19.2 Å². The van der Waals surface area contributed by atoms with E-state index in [2.05, 4.69) is 91.1 Å². The summed E-state index contributed by atoms with van der Waals surface area (Å²) in [6.07, 6.45) is 9.49. The average molecular weight is 1260 g/mol. The molecule has 0 aliphatic carbocycles. The van der Waals surface area contributed by atoms with E-state index in [0.29, 0.717) is 96.4 Å². The zero-order valence-corrected chi connectivity index (χ0v) is 55.9. The molecule has 88 heavy (non-hydrogen) atoms. The highest BCUT2D eigenvalue weighted by Crippen LogP contribution is 2.28. The highest BCUT2D eigenvalue weighted by Gasteiger charge is 2.39. The van der Waals surface area contributed by atoms with Crippen LogP contribution in [0.1, 0.15) is 140 Å². The maximum Gasteiger partial charge on any atom is 0.338 e. The second-order valence-electron chi connectivity index (χ2n) is 22.9. The lowest BCUT2D eigenvalue weighted by atomic mass is 10.2. The molecule has 6 N–H and O–H groups in total. The topological polar surface area (TPSA) is 273 Å². The maximum absolute atomic E-state index is 12.6. The predicted molar refractivity (Wildman–Crippen MR) is 354 cm³/mol. The van der Waals surface area contributed by atoms with Gasteiger partial charge in [-0.05, 0) is 187 Å². The van der Waals surface area contributed by atoms with Crippen molar-refractivity contribution in [3.05, 3.63) is 119 Å². The molecule has 0 saturated carbocycles. The molecule has 0 aliphatic rings. The van der Waals surface area contributed by atoms with E-state index >= 15 is 0 Å². The summed E-state index contributed by atoms with van der Waals surface area (Å²) in [7, 11) is -6.93. The largest absolute Gasteiger partial charge is 0.462 e. The summed E-state index contributed by atoms with van der Waals surface area (Å²) in [5.41, 5.74) is 4.45. The lowest BCUT2D eigenvalue weighted by molar-refractivity contribution is 0.0490. The van der Waals surface area contributed by atoms with Crippen LogP contribution in [-0.4, -0.2) is 118 Å². The molecule has 474 valence electrons. The Labute approximate surface area is 521 Å². The zero-order valence-electron chi connectivity index (χ0n) is 52.9. The molecule has 0 atom stereocenters. The van der Waals surface area contributed by atoms with Gasteiger partial charge in [0.2, 0.25) is 35.7 Å². The van der Waals surface area contributed by atoms with Crippen molar-refractivity contribution in [1.82, 2.24) is 29.9 Å². The van der Waals surface area contributed by atoms with E-state index in [-0.39, 0.29) is 47.7 Å². The van der Waals surface area contributed by atoms with Crippen LogP contribution in [0, 0.1) is 0 Å². The predicted octanol–water partition coefficient (Wildman–Crippen LogP) is 14.7. The van der Waals surface area contributed by atoms with Gasteiger partial charge in [-0.15, -0.1) is 0 Å². The van der Waals surface area contributed by atoms with Gasteiger partial charge in [0.1, 0.15) is 0 Å². The van der Waals surface area contributed by atoms with Gasteiger partial charge < -0.3 is 59.1 Å². The van der Waals surface area contributed by atoms with Crippen molar-refractivity contribution in [3.8, 4) is 0 Å². The Kier molecular flexibility index (Phi) is 27.7. The van der Waals surface area contributed by atoms with Crippen molar-refractivity contribution in [1.29, 1.82) is 0 Å². The summed E-state index contributed by atoms with van der Waals surface area (Å²) < 4.78 is 35.5. The first-order valence-corrected chi connectivity index (χ1v) is 39.9. The van der Waals surface area contributed by atoms with E-state index in [1.165, 1.54) is 0 Å². The van der Waals surface area contributed by atoms with E-state index in [0.717, 1.165) is 82.7 Å². The van der Waals surface area contributed by atoms with E-state index in [1.807, 2.05) is 27.7 Å². The number of anilines is 10. The Balaban J connectivity index is 1.02. The third-order valence-corrected chi connectivity index (χ3v) is 24.9. The molecular formula is C63H90N12O10Si3. The summed E-state index contributed by atoms with van der Waals surface area (Å²) in [4.78, 5) is 78.3. The zero-order chi connectivity index (χ0) is 63.4. The molecular weight excluding hydrogens is 1170 g/mol. The first-order chi connectivity index (χ1) is 42.2. The summed E-state index contributed by atoms with van der Waals surface area (Å²) >= 11 is 0. The number of unbranched alkanes of at least 4 members (excludes halogenated alkanes) is 5. The molecule has 0 bridgehead atoms. The fourth-order valence-corrected chi connectivity index (χ4v) is 23.2. The number of carbonyl (C=O) groups excluding carboxylic acids is 4. The minimum Gasteiger partial charge on any atom is -0.462 e. The molecule has 6 rings (SSSR count). The van der Waals surface area contributed by atoms with Crippen LogP contribution in [0.3, 0.4) is 0 Å². The molecule has 0 saturated heterocycles. The Bertz CT molecular complexity index is 2970. The maximum atomic E-state index is 12.6. The Morgan fingerprint density at radius 1 is 0.341 bits per heavy atom. The van der Waals surface area contributed by atoms with Crippen LogP contribution >= 0.6 is 0 Å². The van der Waals surface area contributed by atoms with Crippen LogP contribution in [0.15, 0.2) is 97.1 Å². The summed E-state index contributed by atoms with van der Waals surface area (Å²) in [5, 5.41) is 19.8. The van der Waals surface area contributed by atoms with Gasteiger partial charge in [0.25, 0.3) is 0 Å². The van der Waals surface area contributed by atoms with Gasteiger partial charge in [-0.2, -0.15) is 29.9 Å². The van der Waals surface area contributed by atoms with Crippen molar-refractivity contribution < 1.29 is 46.4 Å². The highest BCUT2D eigenvalue weighted by molar-refractivity contribution is 6.87. The smallest absolute Gasteiger partial charge is 0.338 e. The first kappa shape index (κ1) is 69.3. The minimum atomic E-state index is -2.55. The average Bonchev–Trinajstić information content (AvgIpc) is 3.67. The van der Waals surface area contributed by atoms with Gasteiger partial charge in [0.05, 0.1) is 48.7 Å². The number of benzene rings is 4. The van der Waals surface area contributed by atoms with Gasteiger partial charge >= 0.3 is 32.4 Å². The summed E-state index contributed by atoms with van der Waals surface area (Å²) in [5.74, 6) is 0.343. The molecule has 6 aromatic rings. The van der Waals surface area contributed by atoms with Crippen LogP contribution in [0.2, 0.25) is 51.4 Å². The molecule has 4 aromatic carbocycles. The summed E-state index contributed by atoms with van der Waals surface area (Å²) in [6, 6.07) is 29.5. The molecule has 0 spiro atoms. The second kappa shape index (κ2) is 35.2. The lowest BCUT2D eigenvalue weighted by Crippen LogP contribution is -2.52. The van der Waals surface area contributed by atoms with Gasteiger partial charge in [0, 0.05) is 35.8 Å². The molecule has 2 aromatic heterocycles. The van der Waals surface area contributed by atoms with Gasteiger partial charge in [0.15, 0.2) is 16.6 Å². The Morgan fingerprint density at radius 2 is 0.591 bits per heavy atom. The fraction of sp³-hybridized carbons (Fsp3) is 0.460. The van der Waals surface area contributed by atoms with Crippen LogP contribution in [-0.2, 0) is 27.2 Å². The molecule has 0 fully saturated rings. The quantitative estimate of drug-likeness (QED) is 0.00906. The monoisotopic (exact) mass is 1260 g/mol. The first-order valence-electron chi connectivity index (χ1n) is 30.8. The van der Waals surface area contributed by atoms with Gasteiger partial charge in [-0.1, -0.05) is 59.8 Å².